The van der Waals surface area contributed by atoms with Crippen LogP contribution in [0.4, 0.5) is 19.1 Å². The second-order valence-electron chi connectivity index (χ2n) is 6.26. The van der Waals surface area contributed by atoms with Crippen molar-refractivity contribution in [2.75, 3.05) is 57.4 Å². The molecular formula is C15H21F3N4O2. The summed E-state index contributed by atoms with van der Waals surface area (Å²) < 4.78 is 43.8. The smallest absolute Gasteiger partial charge is 0.396 e. The highest BCUT2D eigenvalue weighted by atomic mass is 19.4. The van der Waals surface area contributed by atoms with Crippen molar-refractivity contribution < 1.29 is 23.0 Å². The zero-order valence-electron chi connectivity index (χ0n) is 13.2. The molecule has 0 unspecified atom stereocenters. The van der Waals surface area contributed by atoms with Gasteiger partial charge in [0, 0.05) is 51.4 Å². The molecule has 0 spiro atoms. The number of ether oxygens (including phenoxy) is 1. The van der Waals surface area contributed by atoms with E-state index in [0.717, 1.165) is 31.9 Å². The van der Waals surface area contributed by atoms with Crippen LogP contribution < -0.4 is 4.90 Å². The maximum absolute atomic E-state index is 12.8. The number of hydrogen-bond donors (Lipinski definition) is 1. The van der Waals surface area contributed by atoms with E-state index in [-0.39, 0.29) is 24.4 Å². The number of aliphatic hydroxyl groups excluding tert-OH is 1. The third-order valence-electron chi connectivity index (χ3n) is 4.62. The first-order valence-electron chi connectivity index (χ1n) is 8.03. The molecule has 3 rings (SSSR count). The van der Waals surface area contributed by atoms with E-state index in [9.17, 15) is 18.3 Å². The van der Waals surface area contributed by atoms with Gasteiger partial charge in [-0.05, 0) is 12.0 Å². The molecule has 0 amide bonds. The Morgan fingerprint density at radius 3 is 2.58 bits per heavy atom. The van der Waals surface area contributed by atoms with Crippen molar-refractivity contribution in [2.24, 2.45) is 11.8 Å². The van der Waals surface area contributed by atoms with Gasteiger partial charge in [0.05, 0.1) is 13.2 Å². The molecule has 2 fully saturated rings. The average Bonchev–Trinajstić information content (AvgIpc) is 2.98. The van der Waals surface area contributed by atoms with Gasteiger partial charge in [0.1, 0.15) is 5.69 Å². The fourth-order valence-corrected chi connectivity index (χ4v) is 3.29. The number of hydrogen-bond acceptors (Lipinski definition) is 6. The number of nitrogens with zero attached hydrogens (tertiary/aromatic N) is 4. The summed E-state index contributed by atoms with van der Waals surface area (Å²) in [5.74, 6) is 0.255. The van der Waals surface area contributed by atoms with Gasteiger partial charge in [0.15, 0.2) is 0 Å². The molecule has 2 atom stereocenters. The lowest BCUT2D eigenvalue weighted by Gasteiger charge is -2.30. The molecule has 2 saturated heterocycles. The summed E-state index contributed by atoms with van der Waals surface area (Å²) in [4.78, 5) is 11.6. The molecule has 1 aromatic heterocycles. The molecule has 2 aliphatic heterocycles. The SMILES string of the molecule is OC[C@H]1CN(c2nccc(C(F)(F)F)n2)C[C@H]1CN1CCOCC1. The van der Waals surface area contributed by atoms with Crippen molar-refractivity contribution in [3.05, 3.63) is 18.0 Å². The van der Waals surface area contributed by atoms with Crippen molar-refractivity contribution in [3.63, 3.8) is 0 Å². The minimum absolute atomic E-state index is 0.00443. The van der Waals surface area contributed by atoms with E-state index in [2.05, 4.69) is 14.9 Å². The number of anilines is 1. The van der Waals surface area contributed by atoms with E-state index in [4.69, 9.17) is 4.74 Å². The lowest BCUT2D eigenvalue weighted by molar-refractivity contribution is -0.141. The van der Waals surface area contributed by atoms with E-state index >= 15 is 0 Å². The first kappa shape index (κ1) is 17.4. The molecule has 24 heavy (non-hydrogen) atoms. The first-order valence-corrected chi connectivity index (χ1v) is 8.03. The average molecular weight is 346 g/mol. The number of halogens is 3. The second-order valence-corrected chi connectivity index (χ2v) is 6.26. The van der Waals surface area contributed by atoms with Crippen molar-refractivity contribution in [1.29, 1.82) is 0 Å². The van der Waals surface area contributed by atoms with Crippen molar-refractivity contribution in [2.45, 2.75) is 6.18 Å². The van der Waals surface area contributed by atoms with E-state index in [1.54, 1.807) is 4.90 Å². The van der Waals surface area contributed by atoms with Gasteiger partial charge in [-0.15, -0.1) is 0 Å². The third-order valence-corrected chi connectivity index (χ3v) is 4.62. The van der Waals surface area contributed by atoms with Crippen LogP contribution in [0.25, 0.3) is 0 Å². The molecule has 6 nitrogen and oxygen atoms in total. The summed E-state index contributed by atoms with van der Waals surface area (Å²) in [7, 11) is 0. The van der Waals surface area contributed by atoms with Crippen LogP contribution in [0.5, 0.6) is 0 Å². The normalized spacial score (nSPS) is 26.1. The quantitative estimate of drug-likeness (QED) is 0.873. The highest BCUT2D eigenvalue weighted by Gasteiger charge is 2.37. The Hall–Kier alpha value is -1.45. The van der Waals surface area contributed by atoms with Crippen LogP contribution >= 0.6 is 0 Å². The molecular weight excluding hydrogens is 325 g/mol. The standard InChI is InChI=1S/C15H21F3N4O2/c16-15(17,18)13-1-2-19-14(20-13)22-8-11(12(9-22)10-23)7-21-3-5-24-6-4-21/h1-2,11-12,23H,3-10H2/t11-,12-/m1/s1. The Labute approximate surface area is 138 Å². The van der Waals surface area contributed by atoms with Crippen LogP contribution in [0.2, 0.25) is 0 Å². The summed E-state index contributed by atoms with van der Waals surface area (Å²) in [5, 5.41) is 9.62. The molecule has 134 valence electrons. The Morgan fingerprint density at radius 2 is 1.92 bits per heavy atom. The Kier molecular flexibility index (Phi) is 5.21. The molecule has 0 aliphatic carbocycles. The molecule has 0 saturated carbocycles. The van der Waals surface area contributed by atoms with Gasteiger partial charge < -0.3 is 14.7 Å². The highest BCUT2D eigenvalue weighted by molar-refractivity contribution is 5.33. The Bertz CT molecular complexity index is 552. The number of aromatic nitrogens is 2. The van der Waals surface area contributed by atoms with Crippen molar-refractivity contribution >= 4 is 5.95 Å². The lowest BCUT2D eigenvalue weighted by atomic mass is 9.96. The molecule has 0 bridgehead atoms. The monoisotopic (exact) mass is 346 g/mol. The molecule has 0 radical (unpaired) electrons. The molecule has 3 heterocycles. The third kappa shape index (κ3) is 3.96. The number of rotatable bonds is 4. The second kappa shape index (κ2) is 7.20. The van der Waals surface area contributed by atoms with E-state index < -0.39 is 11.9 Å². The summed E-state index contributed by atoms with van der Waals surface area (Å²) in [5.41, 5.74) is -0.940. The van der Waals surface area contributed by atoms with Crippen LogP contribution in [-0.4, -0.2) is 72.5 Å². The maximum Gasteiger partial charge on any atom is 0.433 e. The van der Waals surface area contributed by atoms with Gasteiger partial charge in [-0.3, -0.25) is 4.90 Å². The largest absolute Gasteiger partial charge is 0.433 e. The van der Waals surface area contributed by atoms with Gasteiger partial charge in [-0.1, -0.05) is 0 Å². The van der Waals surface area contributed by atoms with Gasteiger partial charge >= 0.3 is 6.18 Å². The van der Waals surface area contributed by atoms with Gasteiger partial charge in [-0.25, -0.2) is 9.97 Å². The highest BCUT2D eigenvalue weighted by Crippen LogP contribution is 2.31. The number of aliphatic hydroxyl groups is 1. The van der Waals surface area contributed by atoms with Crippen molar-refractivity contribution in [3.8, 4) is 0 Å². The molecule has 0 aromatic carbocycles. The van der Waals surface area contributed by atoms with Crippen molar-refractivity contribution in [1.82, 2.24) is 14.9 Å². The number of morpholine rings is 1. The summed E-state index contributed by atoms with van der Waals surface area (Å²) in [6.07, 6.45) is -3.35. The number of alkyl halides is 3. The van der Waals surface area contributed by atoms with E-state index in [0.29, 0.717) is 26.3 Å². The van der Waals surface area contributed by atoms with Crippen LogP contribution in [0, 0.1) is 11.8 Å². The first-order chi connectivity index (χ1) is 11.5. The van der Waals surface area contributed by atoms with Crippen LogP contribution in [-0.2, 0) is 10.9 Å². The Balaban J connectivity index is 1.69. The summed E-state index contributed by atoms with van der Waals surface area (Å²) in [6.45, 7) is 4.88. The molecule has 1 N–H and O–H groups in total. The molecule has 2 aliphatic rings. The summed E-state index contributed by atoms with van der Waals surface area (Å²) >= 11 is 0. The minimum Gasteiger partial charge on any atom is -0.396 e. The van der Waals surface area contributed by atoms with Crippen LogP contribution in [0.15, 0.2) is 12.3 Å². The molecule has 9 heteroatoms. The Morgan fingerprint density at radius 1 is 1.21 bits per heavy atom. The predicted molar refractivity (Wildman–Crippen MR) is 80.6 cm³/mol. The maximum atomic E-state index is 12.8. The van der Waals surface area contributed by atoms with Crippen LogP contribution in [0.1, 0.15) is 5.69 Å². The minimum atomic E-state index is -4.49. The van der Waals surface area contributed by atoms with Crippen LogP contribution in [0.3, 0.4) is 0 Å². The topological polar surface area (TPSA) is 61.7 Å². The molecule has 1 aromatic rings. The van der Waals surface area contributed by atoms with E-state index in [1.807, 2.05) is 0 Å². The zero-order chi connectivity index (χ0) is 17.2. The van der Waals surface area contributed by atoms with E-state index in [1.165, 1.54) is 0 Å². The van der Waals surface area contributed by atoms with Gasteiger partial charge in [0.25, 0.3) is 0 Å². The summed E-state index contributed by atoms with van der Waals surface area (Å²) in [6, 6.07) is 0.869. The zero-order valence-corrected chi connectivity index (χ0v) is 13.2. The predicted octanol–water partition coefficient (Wildman–Crippen LogP) is 0.872. The fraction of sp³-hybridized carbons (Fsp3) is 0.733. The lowest BCUT2D eigenvalue weighted by Crippen LogP contribution is -2.41. The van der Waals surface area contributed by atoms with Gasteiger partial charge in [-0.2, -0.15) is 13.2 Å². The fourth-order valence-electron chi connectivity index (χ4n) is 3.29. The van der Waals surface area contributed by atoms with Gasteiger partial charge in [0.2, 0.25) is 5.95 Å².